The smallest absolute Gasteiger partial charge is 0.162 e. The van der Waals surface area contributed by atoms with Crippen molar-refractivity contribution in [3.05, 3.63) is 65.7 Å². The molecule has 0 aliphatic rings. The quantitative estimate of drug-likeness (QED) is 0.484. The number of aliphatic hydroxyl groups excluding tert-OH is 1. The van der Waals surface area contributed by atoms with Gasteiger partial charge < -0.3 is 19.9 Å². The minimum absolute atomic E-state index is 0.00249. The molecule has 3 aromatic carbocycles. The third-order valence-corrected chi connectivity index (χ3v) is 4.81. The first-order valence-electron chi connectivity index (χ1n) is 9.06. The molecule has 0 aliphatic carbocycles. The third kappa shape index (κ3) is 3.21. The Morgan fingerprint density at radius 1 is 0.893 bits per heavy atom. The van der Waals surface area contributed by atoms with Crippen molar-refractivity contribution in [2.45, 2.75) is 13.5 Å². The van der Waals surface area contributed by atoms with Crippen molar-refractivity contribution in [2.75, 3.05) is 19.5 Å². The van der Waals surface area contributed by atoms with Gasteiger partial charge in [-0.2, -0.15) is 0 Å². The number of hydrogen-bond acceptors (Lipinski definition) is 5. The van der Waals surface area contributed by atoms with Gasteiger partial charge in [0.25, 0.3) is 0 Å². The Kier molecular flexibility index (Phi) is 4.75. The van der Waals surface area contributed by atoms with Crippen LogP contribution in [0.1, 0.15) is 11.1 Å². The second kappa shape index (κ2) is 7.37. The molecule has 0 radical (unpaired) electrons. The molecule has 1 heterocycles. The van der Waals surface area contributed by atoms with E-state index in [9.17, 15) is 5.11 Å². The lowest BCUT2D eigenvalue weighted by atomic mass is 10.0. The Morgan fingerprint density at radius 2 is 1.64 bits per heavy atom. The number of aryl methyl sites for hydroxylation is 1. The fourth-order valence-corrected chi connectivity index (χ4v) is 3.41. The number of ether oxygens (including phenoxy) is 2. The molecular formula is C23H22N2O3. The van der Waals surface area contributed by atoms with Crippen LogP contribution in [-0.2, 0) is 6.61 Å². The predicted octanol–water partition coefficient (Wildman–Crippen LogP) is 4.95. The first-order valence-corrected chi connectivity index (χ1v) is 9.06. The molecule has 0 amide bonds. The number of hydrogen-bond donors (Lipinski definition) is 2. The number of methoxy groups -OCH3 is 2. The van der Waals surface area contributed by atoms with E-state index in [1.54, 1.807) is 14.2 Å². The number of aliphatic hydroxyl groups is 1. The largest absolute Gasteiger partial charge is 0.493 e. The van der Waals surface area contributed by atoms with E-state index in [-0.39, 0.29) is 6.61 Å². The van der Waals surface area contributed by atoms with E-state index in [0.717, 1.165) is 44.3 Å². The van der Waals surface area contributed by atoms with E-state index < -0.39 is 0 Å². The lowest BCUT2D eigenvalue weighted by molar-refractivity contribution is 0.282. The molecule has 142 valence electrons. The minimum Gasteiger partial charge on any atom is -0.493 e. The van der Waals surface area contributed by atoms with Gasteiger partial charge in [-0.05, 0) is 42.8 Å². The second-order valence-corrected chi connectivity index (χ2v) is 6.72. The topological polar surface area (TPSA) is 63.6 Å². The van der Waals surface area contributed by atoms with Crippen LogP contribution in [0, 0.1) is 6.92 Å². The number of rotatable bonds is 5. The molecule has 4 aromatic rings. The van der Waals surface area contributed by atoms with Gasteiger partial charge in [-0.3, -0.25) is 0 Å². The number of pyridine rings is 1. The van der Waals surface area contributed by atoms with Crippen molar-refractivity contribution in [3.63, 3.8) is 0 Å². The van der Waals surface area contributed by atoms with Crippen LogP contribution >= 0.6 is 0 Å². The van der Waals surface area contributed by atoms with Crippen molar-refractivity contribution >= 4 is 33.2 Å². The van der Waals surface area contributed by atoms with Crippen LogP contribution in [0.5, 0.6) is 11.5 Å². The van der Waals surface area contributed by atoms with E-state index >= 15 is 0 Å². The van der Waals surface area contributed by atoms with Gasteiger partial charge in [0.05, 0.1) is 37.5 Å². The van der Waals surface area contributed by atoms with Crippen LogP contribution in [0.2, 0.25) is 0 Å². The molecule has 5 heteroatoms. The molecule has 0 unspecified atom stereocenters. The molecule has 4 rings (SSSR count). The minimum atomic E-state index is -0.00249. The maximum Gasteiger partial charge on any atom is 0.162 e. The van der Waals surface area contributed by atoms with Crippen LogP contribution in [0.25, 0.3) is 21.8 Å². The molecule has 28 heavy (non-hydrogen) atoms. The van der Waals surface area contributed by atoms with Gasteiger partial charge in [0.15, 0.2) is 11.5 Å². The zero-order valence-electron chi connectivity index (χ0n) is 16.1. The van der Waals surface area contributed by atoms with E-state index in [4.69, 9.17) is 14.5 Å². The van der Waals surface area contributed by atoms with Crippen LogP contribution in [0.4, 0.5) is 11.4 Å². The summed E-state index contributed by atoms with van der Waals surface area (Å²) in [5, 5.41) is 15.0. The van der Waals surface area contributed by atoms with Gasteiger partial charge in [0, 0.05) is 22.5 Å². The Balaban J connectivity index is 2.01. The molecule has 2 N–H and O–H groups in total. The van der Waals surface area contributed by atoms with E-state index in [2.05, 4.69) is 24.4 Å². The number of benzene rings is 3. The Hall–Kier alpha value is -3.31. The normalized spacial score (nSPS) is 11.0. The Morgan fingerprint density at radius 3 is 2.39 bits per heavy atom. The summed E-state index contributed by atoms with van der Waals surface area (Å²) < 4.78 is 11.0. The van der Waals surface area contributed by atoms with Crippen LogP contribution in [0.15, 0.2) is 54.6 Å². The van der Waals surface area contributed by atoms with Crippen molar-refractivity contribution in [2.24, 2.45) is 0 Å². The predicted molar refractivity (Wildman–Crippen MR) is 113 cm³/mol. The first kappa shape index (κ1) is 18.1. The zero-order valence-corrected chi connectivity index (χ0v) is 16.1. The number of nitrogens with zero attached hydrogens (tertiary/aromatic N) is 1. The summed E-state index contributed by atoms with van der Waals surface area (Å²) in [5.74, 6) is 1.29. The van der Waals surface area contributed by atoms with Gasteiger partial charge in [0.1, 0.15) is 0 Å². The summed E-state index contributed by atoms with van der Waals surface area (Å²) in [6.45, 7) is 2.06. The second-order valence-electron chi connectivity index (χ2n) is 6.72. The fraction of sp³-hybridized carbons (Fsp3) is 0.174. The number of nitrogens with one attached hydrogen (secondary N) is 1. The molecule has 0 atom stereocenters. The summed E-state index contributed by atoms with van der Waals surface area (Å²) in [5.41, 5.74) is 5.56. The van der Waals surface area contributed by atoms with E-state index in [1.165, 1.54) is 0 Å². The van der Waals surface area contributed by atoms with E-state index in [1.807, 2.05) is 42.5 Å². The summed E-state index contributed by atoms with van der Waals surface area (Å²) in [6, 6.07) is 17.8. The summed E-state index contributed by atoms with van der Waals surface area (Å²) in [6.07, 6.45) is 0. The highest BCUT2D eigenvalue weighted by molar-refractivity contribution is 6.09. The summed E-state index contributed by atoms with van der Waals surface area (Å²) in [4.78, 5) is 4.82. The molecule has 1 aromatic heterocycles. The number of aromatic nitrogens is 1. The maximum absolute atomic E-state index is 9.47. The highest BCUT2D eigenvalue weighted by Gasteiger charge is 2.14. The van der Waals surface area contributed by atoms with Crippen molar-refractivity contribution in [1.82, 2.24) is 4.98 Å². The average Bonchev–Trinajstić information content (AvgIpc) is 2.73. The molecule has 0 bridgehead atoms. The van der Waals surface area contributed by atoms with Gasteiger partial charge in [-0.15, -0.1) is 0 Å². The molecule has 5 nitrogen and oxygen atoms in total. The lowest BCUT2D eigenvalue weighted by Gasteiger charge is -2.16. The standard InChI is InChI=1S/C23H22N2O3/c1-14-7-8-19-17(9-14)23(24-16-6-4-5-15(10-16)13-26)18-11-21(27-2)22(28-3)12-20(18)25-19/h4-12,26H,13H2,1-3H3,(H,24,25). The van der Waals surface area contributed by atoms with Gasteiger partial charge in [0.2, 0.25) is 0 Å². The summed E-state index contributed by atoms with van der Waals surface area (Å²) in [7, 11) is 3.24. The van der Waals surface area contributed by atoms with Gasteiger partial charge in [-0.1, -0.05) is 23.8 Å². The van der Waals surface area contributed by atoms with Crippen molar-refractivity contribution < 1.29 is 14.6 Å². The molecule has 0 aliphatic heterocycles. The average molecular weight is 374 g/mol. The summed E-state index contributed by atoms with van der Waals surface area (Å²) >= 11 is 0. The van der Waals surface area contributed by atoms with Gasteiger partial charge >= 0.3 is 0 Å². The SMILES string of the molecule is COc1cc2nc3ccc(C)cc3c(Nc3cccc(CO)c3)c2cc1OC. The zero-order chi connectivity index (χ0) is 19.7. The number of fused-ring (bicyclic) bond motifs is 2. The maximum atomic E-state index is 9.47. The highest BCUT2D eigenvalue weighted by atomic mass is 16.5. The first-order chi connectivity index (χ1) is 13.6. The van der Waals surface area contributed by atoms with Crippen LogP contribution in [-0.4, -0.2) is 24.3 Å². The lowest BCUT2D eigenvalue weighted by Crippen LogP contribution is -1.98. The fourth-order valence-electron chi connectivity index (χ4n) is 3.41. The molecule has 0 saturated carbocycles. The number of anilines is 2. The van der Waals surface area contributed by atoms with Crippen molar-refractivity contribution in [1.29, 1.82) is 0 Å². The molecule has 0 fully saturated rings. The Labute approximate surface area is 163 Å². The molecular weight excluding hydrogens is 352 g/mol. The Bertz CT molecular complexity index is 1170. The van der Waals surface area contributed by atoms with Crippen molar-refractivity contribution in [3.8, 4) is 11.5 Å². The van der Waals surface area contributed by atoms with Crippen LogP contribution in [0.3, 0.4) is 0 Å². The van der Waals surface area contributed by atoms with Gasteiger partial charge in [-0.25, -0.2) is 4.98 Å². The highest BCUT2D eigenvalue weighted by Crippen LogP contribution is 2.39. The van der Waals surface area contributed by atoms with E-state index in [0.29, 0.717) is 11.5 Å². The molecule has 0 saturated heterocycles. The van der Waals surface area contributed by atoms with Crippen LogP contribution < -0.4 is 14.8 Å². The molecule has 0 spiro atoms. The third-order valence-electron chi connectivity index (χ3n) is 4.81. The monoisotopic (exact) mass is 374 g/mol.